The van der Waals surface area contributed by atoms with E-state index < -0.39 is 42.9 Å². The van der Waals surface area contributed by atoms with Crippen molar-refractivity contribution in [2.45, 2.75) is 30.6 Å². The topological polar surface area (TPSA) is 132 Å². The third-order valence-electron chi connectivity index (χ3n) is 4.12. The molecule has 0 spiro atoms. The second-order valence-electron chi connectivity index (χ2n) is 5.74. The maximum Gasteiger partial charge on any atom is 0.352 e. The second kappa shape index (κ2) is 6.84. The van der Waals surface area contributed by atoms with Crippen molar-refractivity contribution in [2.24, 2.45) is 0 Å². The zero-order valence-corrected chi connectivity index (χ0v) is 13.0. The molecule has 1 fully saturated rings. The van der Waals surface area contributed by atoms with Crippen LogP contribution in [0.2, 0.25) is 0 Å². The number of ether oxygens (including phenoxy) is 1. The molecule has 0 amide bonds. The minimum atomic E-state index is -1.46. The van der Waals surface area contributed by atoms with E-state index in [1.807, 2.05) is 0 Å². The largest absolute Gasteiger partial charge is 0.422 e. The van der Waals surface area contributed by atoms with Crippen molar-refractivity contribution >= 4 is 16.7 Å². The van der Waals surface area contributed by atoms with E-state index in [-0.39, 0.29) is 11.1 Å². The van der Waals surface area contributed by atoms with Gasteiger partial charge < -0.3 is 34.9 Å². The van der Waals surface area contributed by atoms with Crippen molar-refractivity contribution < 1.29 is 29.6 Å². The Labute approximate surface area is 142 Å². The van der Waals surface area contributed by atoms with Crippen molar-refractivity contribution in [3.8, 4) is 12.3 Å². The molecule has 0 saturated carbocycles. The van der Waals surface area contributed by atoms with E-state index in [0.29, 0.717) is 11.1 Å². The Bertz CT molecular complexity index is 871. The van der Waals surface area contributed by atoms with Crippen LogP contribution in [0.4, 0.5) is 5.69 Å². The van der Waals surface area contributed by atoms with Gasteiger partial charge in [-0.2, -0.15) is 0 Å². The van der Waals surface area contributed by atoms with Crippen LogP contribution in [-0.4, -0.2) is 57.7 Å². The van der Waals surface area contributed by atoms with Crippen molar-refractivity contribution in [3.63, 3.8) is 0 Å². The van der Waals surface area contributed by atoms with Gasteiger partial charge in [0.15, 0.2) is 6.29 Å². The van der Waals surface area contributed by atoms with Crippen molar-refractivity contribution in [1.82, 2.24) is 0 Å². The Balaban J connectivity index is 1.87. The summed E-state index contributed by atoms with van der Waals surface area (Å²) in [5, 5.41) is 42.5. The van der Waals surface area contributed by atoms with Crippen LogP contribution >= 0.6 is 0 Å². The predicted molar refractivity (Wildman–Crippen MR) is 87.8 cm³/mol. The van der Waals surface area contributed by atoms with Gasteiger partial charge in [0.05, 0.1) is 6.61 Å². The summed E-state index contributed by atoms with van der Waals surface area (Å²) in [5.74, 6) is 2.24. The SMILES string of the molecule is C#Cc1cc2ccc(NC3C(O)OC(CO)[C@@H](O)C3O)cc2oc1=O. The second-order valence-corrected chi connectivity index (χ2v) is 5.74. The van der Waals surface area contributed by atoms with Gasteiger partial charge in [-0.25, -0.2) is 4.79 Å². The van der Waals surface area contributed by atoms with Crippen LogP contribution in [0.15, 0.2) is 33.5 Å². The van der Waals surface area contributed by atoms with Crippen molar-refractivity contribution in [3.05, 3.63) is 40.2 Å². The average Bonchev–Trinajstić information content (AvgIpc) is 2.61. The maximum absolute atomic E-state index is 11.7. The molecule has 4 unspecified atom stereocenters. The molecule has 0 aliphatic carbocycles. The number of hydrogen-bond acceptors (Lipinski definition) is 8. The predicted octanol–water partition coefficient (Wildman–Crippen LogP) is -1.01. The van der Waals surface area contributed by atoms with Crippen LogP contribution in [0.25, 0.3) is 11.0 Å². The average molecular weight is 347 g/mol. The van der Waals surface area contributed by atoms with Gasteiger partial charge in [0.2, 0.25) is 0 Å². The fourth-order valence-electron chi connectivity index (χ4n) is 2.75. The van der Waals surface area contributed by atoms with E-state index in [9.17, 15) is 20.1 Å². The van der Waals surface area contributed by atoms with Gasteiger partial charge in [-0.1, -0.05) is 5.92 Å². The zero-order chi connectivity index (χ0) is 18.1. The monoisotopic (exact) mass is 347 g/mol. The van der Waals surface area contributed by atoms with Crippen LogP contribution in [-0.2, 0) is 4.74 Å². The number of hydrogen-bond donors (Lipinski definition) is 5. The highest BCUT2D eigenvalue weighted by Gasteiger charge is 2.43. The fraction of sp³-hybridized carbons (Fsp3) is 0.353. The molecule has 8 heteroatoms. The molecule has 25 heavy (non-hydrogen) atoms. The van der Waals surface area contributed by atoms with Gasteiger partial charge in [0, 0.05) is 17.1 Å². The molecule has 5 N–H and O–H groups in total. The summed E-state index contributed by atoms with van der Waals surface area (Å²) in [6, 6.07) is 5.25. The maximum atomic E-state index is 11.7. The molecule has 1 aromatic carbocycles. The molecular formula is C17H17NO7. The van der Waals surface area contributed by atoms with Crippen LogP contribution in [0.5, 0.6) is 0 Å². The van der Waals surface area contributed by atoms with E-state index in [2.05, 4.69) is 11.2 Å². The van der Waals surface area contributed by atoms with Crippen LogP contribution in [0.1, 0.15) is 5.56 Å². The summed E-state index contributed by atoms with van der Waals surface area (Å²) in [6.07, 6.45) is -0.0664. The molecule has 5 atom stereocenters. The molecule has 2 aromatic rings. The Morgan fingerprint density at radius 2 is 1.96 bits per heavy atom. The fourth-order valence-corrected chi connectivity index (χ4v) is 2.75. The summed E-state index contributed by atoms with van der Waals surface area (Å²) in [6.45, 7) is -0.541. The van der Waals surface area contributed by atoms with E-state index >= 15 is 0 Å². The van der Waals surface area contributed by atoms with Gasteiger partial charge in [0.25, 0.3) is 0 Å². The van der Waals surface area contributed by atoms with E-state index in [1.54, 1.807) is 12.1 Å². The van der Waals surface area contributed by atoms with E-state index in [1.165, 1.54) is 12.1 Å². The minimum Gasteiger partial charge on any atom is -0.422 e. The number of aliphatic hydroxyl groups is 4. The highest BCUT2D eigenvalue weighted by atomic mass is 16.6. The summed E-state index contributed by atoms with van der Waals surface area (Å²) >= 11 is 0. The lowest BCUT2D eigenvalue weighted by Crippen LogP contribution is -2.61. The molecule has 1 aliphatic rings. The number of benzene rings is 1. The minimum absolute atomic E-state index is 0.109. The molecule has 1 aromatic heterocycles. The number of nitrogens with one attached hydrogen (secondary N) is 1. The first kappa shape index (κ1) is 17.4. The van der Waals surface area contributed by atoms with Crippen LogP contribution in [0.3, 0.4) is 0 Å². The van der Waals surface area contributed by atoms with Crippen LogP contribution in [0, 0.1) is 12.3 Å². The molecule has 1 saturated heterocycles. The van der Waals surface area contributed by atoms with Gasteiger partial charge in [-0.15, -0.1) is 6.42 Å². The van der Waals surface area contributed by atoms with E-state index in [0.717, 1.165) is 0 Å². The first-order chi connectivity index (χ1) is 11.9. The lowest BCUT2D eigenvalue weighted by Gasteiger charge is -2.40. The zero-order valence-electron chi connectivity index (χ0n) is 13.0. The highest BCUT2D eigenvalue weighted by Crippen LogP contribution is 2.25. The standard InChI is InChI=1S/C17H17NO7/c1-2-8-5-9-3-4-10(6-11(9)24-16(8)22)18-13-15(21)14(20)12(7-19)25-17(13)23/h1,3-6,12-15,17-21,23H,7H2/t12?,13?,14-,15?,17?/m1/s1. The smallest absolute Gasteiger partial charge is 0.352 e. The number of rotatable bonds is 3. The summed E-state index contributed by atoms with van der Waals surface area (Å²) in [7, 11) is 0. The summed E-state index contributed by atoms with van der Waals surface area (Å²) in [4.78, 5) is 11.7. The van der Waals surface area contributed by atoms with Gasteiger partial charge in [-0.05, 0) is 18.2 Å². The number of terminal acetylenes is 1. The summed E-state index contributed by atoms with van der Waals surface area (Å²) in [5.41, 5.74) is 0.154. The molecular weight excluding hydrogens is 330 g/mol. The molecule has 1 aliphatic heterocycles. The molecule has 0 bridgehead atoms. The molecule has 8 nitrogen and oxygen atoms in total. The lowest BCUT2D eigenvalue weighted by atomic mass is 9.97. The Morgan fingerprint density at radius 3 is 2.64 bits per heavy atom. The summed E-state index contributed by atoms with van der Waals surface area (Å²) < 4.78 is 10.2. The highest BCUT2D eigenvalue weighted by molar-refractivity contribution is 5.81. The van der Waals surface area contributed by atoms with Gasteiger partial charge in [0.1, 0.15) is 35.5 Å². The van der Waals surface area contributed by atoms with Gasteiger partial charge in [-0.3, -0.25) is 0 Å². The first-order valence-corrected chi connectivity index (χ1v) is 7.56. The number of aliphatic hydroxyl groups excluding tert-OH is 4. The van der Waals surface area contributed by atoms with E-state index in [4.69, 9.17) is 20.7 Å². The third kappa shape index (κ3) is 3.24. The number of fused-ring (bicyclic) bond motifs is 1. The molecule has 3 rings (SSSR count). The molecule has 2 heterocycles. The Morgan fingerprint density at radius 1 is 1.20 bits per heavy atom. The Hall–Kier alpha value is -2.41. The molecule has 0 radical (unpaired) electrons. The lowest BCUT2D eigenvalue weighted by molar-refractivity contribution is -0.245. The van der Waals surface area contributed by atoms with Gasteiger partial charge >= 0.3 is 5.63 Å². The van der Waals surface area contributed by atoms with Crippen molar-refractivity contribution in [1.29, 1.82) is 0 Å². The first-order valence-electron chi connectivity index (χ1n) is 7.56. The third-order valence-corrected chi connectivity index (χ3v) is 4.12. The van der Waals surface area contributed by atoms with Crippen LogP contribution < -0.4 is 10.9 Å². The molecule has 132 valence electrons. The normalized spacial score (nSPS) is 29.3. The van der Waals surface area contributed by atoms with Crippen molar-refractivity contribution in [2.75, 3.05) is 11.9 Å². The quantitative estimate of drug-likeness (QED) is 0.352. The number of anilines is 1. The Kier molecular flexibility index (Phi) is 4.76.